The van der Waals surface area contributed by atoms with Gasteiger partial charge in [-0.1, -0.05) is 23.8 Å². The van der Waals surface area contributed by atoms with Gasteiger partial charge in [0.25, 0.3) is 0 Å². The smallest absolute Gasteiger partial charge is 0.0176 e. The summed E-state index contributed by atoms with van der Waals surface area (Å²) in [5.74, 6) is 0. The van der Waals surface area contributed by atoms with Crippen molar-refractivity contribution in [3.05, 3.63) is 47.2 Å². The zero-order valence-corrected chi connectivity index (χ0v) is 8.72. The Morgan fingerprint density at radius 1 is 1.21 bits per heavy atom. The Bertz CT molecular complexity index is 329. The van der Waals surface area contributed by atoms with Crippen LogP contribution in [0.5, 0.6) is 0 Å². The summed E-state index contributed by atoms with van der Waals surface area (Å²) < 4.78 is 0. The second kappa shape index (κ2) is 4.32. The minimum Gasteiger partial charge on any atom is -0.391 e. The lowest BCUT2D eigenvalue weighted by Gasteiger charge is -2.13. The van der Waals surface area contributed by atoms with Crippen molar-refractivity contribution in [2.75, 3.05) is 6.54 Å². The molecule has 0 saturated heterocycles. The lowest BCUT2D eigenvalue weighted by molar-refractivity contribution is 0.859. The van der Waals surface area contributed by atoms with Crippen LogP contribution in [-0.2, 0) is 0 Å². The second-order valence-electron chi connectivity index (χ2n) is 3.87. The van der Waals surface area contributed by atoms with Crippen molar-refractivity contribution in [1.29, 1.82) is 0 Å². The molecule has 0 aromatic heterocycles. The van der Waals surface area contributed by atoms with E-state index in [2.05, 4.69) is 42.7 Å². The summed E-state index contributed by atoms with van der Waals surface area (Å²) >= 11 is 0. The molecule has 0 aromatic rings. The average Bonchev–Trinajstić information content (AvgIpc) is 2.47. The molecule has 2 rings (SSSR count). The molecule has 74 valence electrons. The van der Waals surface area contributed by atoms with Gasteiger partial charge in [-0.2, -0.15) is 0 Å². The number of rotatable bonds is 1. The van der Waals surface area contributed by atoms with Crippen LogP contribution in [0.2, 0.25) is 0 Å². The number of hydrogen-bond donors (Lipinski definition) is 1. The Labute approximate surface area is 85.9 Å². The maximum Gasteiger partial charge on any atom is 0.0176 e. The average molecular weight is 187 g/mol. The summed E-state index contributed by atoms with van der Waals surface area (Å²) in [5, 5.41) is 3.25. The molecular weight excluding hydrogens is 170 g/mol. The van der Waals surface area contributed by atoms with Gasteiger partial charge in [0, 0.05) is 6.54 Å². The van der Waals surface area contributed by atoms with E-state index in [1.165, 1.54) is 29.6 Å². The lowest BCUT2D eigenvalue weighted by Crippen LogP contribution is -2.03. The van der Waals surface area contributed by atoms with Gasteiger partial charge in [0.05, 0.1) is 0 Å². The van der Waals surface area contributed by atoms with Gasteiger partial charge in [0.15, 0.2) is 0 Å². The molecule has 1 N–H and O–H groups in total. The molecular formula is C13H17N. The molecule has 1 heterocycles. The number of hydrogen-bond acceptors (Lipinski definition) is 1. The van der Waals surface area contributed by atoms with Gasteiger partial charge < -0.3 is 5.32 Å². The third-order valence-corrected chi connectivity index (χ3v) is 2.77. The molecule has 0 amide bonds. The van der Waals surface area contributed by atoms with Crippen molar-refractivity contribution < 1.29 is 0 Å². The first kappa shape index (κ1) is 9.32. The van der Waals surface area contributed by atoms with Crippen LogP contribution < -0.4 is 5.32 Å². The van der Waals surface area contributed by atoms with Crippen LogP contribution in [0.25, 0.3) is 0 Å². The molecule has 1 nitrogen and oxygen atoms in total. The van der Waals surface area contributed by atoms with Crippen molar-refractivity contribution in [2.45, 2.75) is 26.2 Å². The zero-order valence-electron chi connectivity index (χ0n) is 8.72. The molecule has 0 unspecified atom stereocenters. The van der Waals surface area contributed by atoms with Gasteiger partial charge in [0.2, 0.25) is 0 Å². The molecule has 2 aliphatic rings. The van der Waals surface area contributed by atoms with E-state index in [0.29, 0.717) is 0 Å². The summed E-state index contributed by atoms with van der Waals surface area (Å²) in [7, 11) is 0. The summed E-state index contributed by atoms with van der Waals surface area (Å²) in [6, 6.07) is 0. The predicted molar refractivity (Wildman–Crippen MR) is 60.9 cm³/mol. The third kappa shape index (κ3) is 1.98. The molecule has 0 fully saturated rings. The molecule has 1 aliphatic heterocycles. The molecule has 0 spiro atoms. The Morgan fingerprint density at radius 3 is 3.00 bits per heavy atom. The molecule has 0 atom stereocenters. The van der Waals surface area contributed by atoms with Crippen LogP contribution in [0, 0.1) is 0 Å². The highest BCUT2D eigenvalue weighted by Crippen LogP contribution is 2.25. The molecule has 1 heteroatoms. The first-order valence-corrected chi connectivity index (χ1v) is 5.34. The molecule has 0 bridgehead atoms. The van der Waals surface area contributed by atoms with Gasteiger partial charge in [-0.15, -0.1) is 0 Å². The van der Waals surface area contributed by atoms with Crippen LogP contribution in [0.4, 0.5) is 0 Å². The first-order valence-electron chi connectivity index (χ1n) is 5.34. The van der Waals surface area contributed by atoms with Gasteiger partial charge >= 0.3 is 0 Å². The maximum absolute atomic E-state index is 3.25. The quantitative estimate of drug-likeness (QED) is 0.665. The maximum atomic E-state index is 3.25. The van der Waals surface area contributed by atoms with Crippen molar-refractivity contribution >= 4 is 0 Å². The molecule has 0 aromatic carbocycles. The summed E-state index contributed by atoms with van der Waals surface area (Å²) in [5.41, 5.74) is 4.32. The van der Waals surface area contributed by atoms with E-state index in [1.54, 1.807) is 0 Å². The minimum atomic E-state index is 1.05. The number of allylic oxidation sites excluding steroid dienone is 6. The van der Waals surface area contributed by atoms with Crippen LogP contribution in [0.1, 0.15) is 26.2 Å². The van der Waals surface area contributed by atoms with Crippen LogP contribution in [-0.4, -0.2) is 6.54 Å². The minimum absolute atomic E-state index is 1.05. The second-order valence-corrected chi connectivity index (χ2v) is 3.87. The van der Waals surface area contributed by atoms with E-state index in [4.69, 9.17) is 0 Å². The van der Waals surface area contributed by atoms with Crippen molar-refractivity contribution in [2.24, 2.45) is 0 Å². The zero-order chi connectivity index (χ0) is 9.80. The Kier molecular flexibility index (Phi) is 2.87. The fourth-order valence-corrected chi connectivity index (χ4v) is 1.93. The molecule has 0 radical (unpaired) electrons. The van der Waals surface area contributed by atoms with E-state index in [9.17, 15) is 0 Å². The first-order chi connectivity index (χ1) is 6.88. The van der Waals surface area contributed by atoms with Crippen molar-refractivity contribution in [3.63, 3.8) is 0 Å². The van der Waals surface area contributed by atoms with E-state index >= 15 is 0 Å². The Morgan fingerprint density at radius 2 is 2.14 bits per heavy atom. The summed E-state index contributed by atoms with van der Waals surface area (Å²) in [6.07, 6.45) is 14.6. The third-order valence-electron chi connectivity index (χ3n) is 2.77. The monoisotopic (exact) mass is 187 g/mol. The predicted octanol–water partition coefficient (Wildman–Crippen LogP) is 3.09. The van der Waals surface area contributed by atoms with Gasteiger partial charge in [0.1, 0.15) is 0 Å². The highest BCUT2D eigenvalue weighted by Gasteiger charge is 2.07. The van der Waals surface area contributed by atoms with Gasteiger partial charge in [-0.05, 0) is 49.6 Å². The van der Waals surface area contributed by atoms with Gasteiger partial charge in [-0.3, -0.25) is 0 Å². The summed E-state index contributed by atoms with van der Waals surface area (Å²) in [4.78, 5) is 0. The van der Waals surface area contributed by atoms with E-state index in [0.717, 1.165) is 13.0 Å². The van der Waals surface area contributed by atoms with Gasteiger partial charge in [-0.25, -0.2) is 0 Å². The summed E-state index contributed by atoms with van der Waals surface area (Å²) in [6.45, 7) is 3.29. The van der Waals surface area contributed by atoms with Crippen molar-refractivity contribution in [3.8, 4) is 0 Å². The Balaban J connectivity index is 2.28. The molecule has 0 saturated carbocycles. The lowest BCUT2D eigenvalue weighted by atomic mass is 9.93. The van der Waals surface area contributed by atoms with Crippen molar-refractivity contribution in [1.82, 2.24) is 5.32 Å². The fourth-order valence-electron chi connectivity index (χ4n) is 1.93. The number of nitrogens with one attached hydrogen (secondary N) is 1. The fraction of sp³-hybridized carbons (Fsp3) is 0.385. The largest absolute Gasteiger partial charge is 0.391 e. The molecule has 14 heavy (non-hydrogen) atoms. The standard InChI is InChI=1S/C13H17N/c1-11-5-2-3-7-13(11)12-6-4-9-14-10-8-12/h3,6-8,10,14H,2,4-5,9H2,1H3. The van der Waals surface area contributed by atoms with E-state index in [1.807, 2.05) is 0 Å². The highest BCUT2D eigenvalue weighted by molar-refractivity contribution is 5.50. The topological polar surface area (TPSA) is 12.0 Å². The Hall–Kier alpha value is -1.24. The highest BCUT2D eigenvalue weighted by atomic mass is 14.8. The van der Waals surface area contributed by atoms with Crippen LogP contribution in [0.15, 0.2) is 47.2 Å². The van der Waals surface area contributed by atoms with Crippen LogP contribution in [0.3, 0.4) is 0 Å². The van der Waals surface area contributed by atoms with E-state index < -0.39 is 0 Å². The normalized spacial score (nSPS) is 21.6. The van der Waals surface area contributed by atoms with Crippen LogP contribution >= 0.6 is 0 Å². The van der Waals surface area contributed by atoms with E-state index in [-0.39, 0.29) is 0 Å². The SMILES string of the molecule is CC1=C(C2=CCCNC=C2)C=CCC1. The molecule has 1 aliphatic carbocycles.